The van der Waals surface area contributed by atoms with Gasteiger partial charge in [-0.2, -0.15) is 0 Å². The van der Waals surface area contributed by atoms with Gasteiger partial charge in [-0.05, 0) is 25.7 Å². The van der Waals surface area contributed by atoms with Gasteiger partial charge in [0.1, 0.15) is 18.8 Å². The van der Waals surface area contributed by atoms with Crippen LogP contribution in [0.15, 0.2) is 0 Å². The Morgan fingerprint density at radius 1 is 1.29 bits per heavy atom. The van der Waals surface area contributed by atoms with E-state index in [2.05, 4.69) is 0 Å². The van der Waals surface area contributed by atoms with Gasteiger partial charge in [0.25, 0.3) is 0 Å². The molecule has 0 radical (unpaired) electrons. The average Bonchev–Trinajstić information content (AvgIpc) is 2.37. The van der Waals surface area contributed by atoms with Crippen molar-refractivity contribution in [3.05, 3.63) is 0 Å². The van der Waals surface area contributed by atoms with Crippen molar-refractivity contribution in [3.8, 4) is 0 Å². The highest BCUT2D eigenvalue weighted by Gasteiger charge is 2.30. The van der Waals surface area contributed by atoms with E-state index in [1.54, 1.807) is 0 Å². The molecule has 1 unspecified atom stereocenters. The maximum atomic E-state index is 11.7. The van der Waals surface area contributed by atoms with Gasteiger partial charge in [0.05, 0.1) is 6.61 Å². The second-order valence-corrected chi connectivity index (χ2v) is 4.42. The Morgan fingerprint density at radius 2 is 2.00 bits per heavy atom. The number of aldehydes is 1. The van der Waals surface area contributed by atoms with Crippen LogP contribution in [0.4, 0.5) is 0 Å². The fraction of sp³-hybridized carbons (Fsp3) is 0.846. The van der Waals surface area contributed by atoms with E-state index in [4.69, 9.17) is 9.47 Å². The third-order valence-electron chi connectivity index (χ3n) is 3.25. The predicted octanol–water partition coefficient (Wildman–Crippen LogP) is 1.96. The van der Waals surface area contributed by atoms with Crippen molar-refractivity contribution in [3.63, 3.8) is 0 Å². The van der Waals surface area contributed by atoms with Gasteiger partial charge in [0.2, 0.25) is 0 Å². The van der Waals surface area contributed by atoms with Gasteiger partial charge < -0.3 is 14.3 Å². The highest BCUT2D eigenvalue weighted by atomic mass is 16.6. The average molecular weight is 242 g/mol. The van der Waals surface area contributed by atoms with Gasteiger partial charge in [0, 0.05) is 6.61 Å². The van der Waals surface area contributed by atoms with Crippen molar-refractivity contribution >= 4 is 12.3 Å². The molecule has 4 nitrogen and oxygen atoms in total. The molecule has 0 heterocycles. The van der Waals surface area contributed by atoms with E-state index >= 15 is 0 Å². The minimum Gasteiger partial charge on any atom is -0.463 e. The fourth-order valence-electron chi connectivity index (χ4n) is 2.29. The van der Waals surface area contributed by atoms with Gasteiger partial charge in [-0.3, -0.25) is 4.79 Å². The second-order valence-electron chi connectivity index (χ2n) is 4.42. The molecule has 0 spiro atoms. The quantitative estimate of drug-likeness (QED) is 0.296. The van der Waals surface area contributed by atoms with Crippen LogP contribution in [0.3, 0.4) is 0 Å². The summed E-state index contributed by atoms with van der Waals surface area (Å²) in [5.41, 5.74) is 0. The molecule has 0 aromatic rings. The van der Waals surface area contributed by atoms with Gasteiger partial charge in [0.15, 0.2) is 0 Å². The summed E-state index contributed by atoms with van der Waals surface area (Å²) < 4.78 is 10.1. The summed E-state index contributed by atoms with van der Waals surface area (Å²) in [7, 11) is 0. The Labute approximate surface area is 103 Å². The maximum Gasteiger partial charge on any atom is 0.316 e. The normalized spacial score (nSPS) is 18.6. The summed E-state index contributed by atoms with van der Waals surface area (Å²) in [5.74, 6) is -0.774. The van der Waals surface area contributed by atoms with Crippen LogP contribution in [0, 0.1) is 11.8 Å². The number of ether oxygens (including phenoxy) is 2. The zero-order chi connectivity index (χ0) is 12.5. The van der Waals surface area contributed by atoms with Crippen molar-refractivity contribution in [1.29, 1.82) is 0 Å². The molecule has 0 aromatic heterocycles. The third kappa shape index (κ3) is 4.86. The molecular formula is C13H22O4. The predicted molar refractivity (Wildman–Crippen MR) is 63.6 cm³/mol. The first-order chi connectivity index (χ1) is 8.29. The van der Waals surface area contributed by atoms with Crippen LogP contribution in [-0.4, -0.2) is 32.1 Å². The van der Waals surface area contributed by atoms with Crippen LogP contribution < -0.4 is 0 Å². The Morgan fingerprint density at radius 3 is 2.59 bits per heavy atom. The summed E-state index contributed by atoms with van der Waals surface area (Å²) in [4.78, 5) is 22.7. The Hall–Kier alpha value is -0.900. The molecule has 0 N–H and O–H groups in total. The van der Waals surface area contributed by atoms with Crippen molar-refractivity contribution < 1.29 is 19.1 Å². The Balaban J connectivity index is 2.32. The summed E-state index contributed by atoms with van der Waals surface area (Å²) in [5, 5.41) is 0. The molecule has 0 amide bonds. The highest BCUT2D eigenvalue weighted by Crippen LogP contribution is 2.29. The van der Waals surface area contributed by atoms with Crippen molar-refractivity contribution in [2.45, 2.75) is 39.0 Å². The lowest BCUT2D eigenvalue weighted by Crippen LogP contribution is -2.29. The van der Waals surface area contributed by atoms with Crippen molar-refractivity contribution in [2.75, 3.05) is 19.8 Å². The van der Waals surface area contributed by atoms with Crippen LogP contribution in [-0.2, 0) is 19.1 Å². The molecule has 0 aliphatic heterocycles. The van der Waals surface area contributed by atoms with Crippen LogP contribution in [0.5, 0.6) is 0 Å². The Bertz CT molecular complexity index is 234. The topological polar surface area (TPSA) is 52.6 Å². The largest absolute Gasteiger partial charge is 0.463 e. The number of rotatable bonds is 7. The first-order valence-corrected chi connectivity index (χ1v) is 6.49. The van der Waals surface area contributed by atoms with E-state index in [0.717, 1.165) is 32.0 Å². The van der Waals surface area contributed by atoms with E-state index in [-0.39, 0.29) is 18.5 Å². The van der Waals surface area contributed by atoms with Crippen LogP contribution in [0.1, 0.15) is 39.0 Å². The first kappa shape index (κ1) is 14.2. The molecule has 0 aromatic carbocycles. The molecule has 1 aliphatic carbocycles. The van der Waals surface area contributed by atoms with Crippen LogP contribution in [0.2, 0.25) is 0 Å². The maximum absolute atomic E-state index is 11.7. The van der Waals surface area contributed by atoms with Crippen molar-refractivity contribution in [2.24, 2.45) is 11.8 Å². The van der Waals surface area contributed by atoms with E-state index < -0.39 is 5.92 Å². The van der Waals surface area contributed by atoms with Crippen LogP contribution >= 0.6 is 0 Å². The van der Waals surface area contributed by atoms with Gasteiger partial charge >= 0.3 is 5.97 Å². The number of carbonyl (C=O) groups excluding carboxylic acids is 2. The molecule has 98 valence electrons. The van der Waals surface area contributed by atoms with Gasteiger partial charge in [-0.25, -0.2) is 0 Å². The van der Waals surface area contributed by atoms with E-state index in [0.29, 0.717) is 13.2 Å². The molecule has 1 atom stereocenters. The van der Waals surface area contributed by atoms with Gasteiger partial charge in [-0.1, -0.05) is 19.3 Å². The molecule has 1 aliphatic rings. The second kappa shape index (κ2) is 8.23. The molecule has 17 heavy (non-hydrogen) atoms. The minimum absolute atomic E-state index is 0.181. The molecule has 1 saturated carbocycles. The molecule has 0 saturated heterocycles. The summed E-state index contributed by atoms with van der Waals surface area (Å²) >= 11 is 0. The zero-order valence-corrected chi connectivity index (χ0v) is 10.5. The van der Waals surface area contributed by atoms with E-state index in [9.17, 15) is 9.59 Å². The van der Waals surface area contributed by atoms with Crippen LogP contribution in [0.25, 0.3) is 0 Å². The lowest BCUT2D eigenvalue weighted by molar-refractivity contribution is -0.153. The minimum atomic E-state index is -0.572. The Kier molecular flexibility index (Phi) is 6.86. The number of esters is 1. The molecule has 0 bridgehead atoms. The SMILES string of the molecule is CCOCCOC(=O)C(C=O)C1CCCCC1. The molecule has 1 rings (SSSR count). The monoisotopic (exact) mass is 242 g/mol. The molecular weight excluding hydrogens is 220 g/mol. The number of carbonyl (C=O) groups is 2. The summed E-state index contributed by atoms with van der Waals surface area (Å²) in [6, 6.07) is 0. The molecule has 4 heteroatoms. The molecule has 1 fully saturated rings. The van der Waals surface area contributed by atoms with Crippen molar-refractivity contribution in [1.82, 2.24) is 0 Å². The zero-order valence-electron chi connectivity index (χ0n) is 10.5. The fourth-order valence-corrected chi connectivity index (χ4v) is 2.29. The first-order valence-electron chi connectivity index (χ1n) is 6.49. The lowest BCUT2D eigenvalue weighted by atomic mass is 9.80. The summed E-state index contributed by atoms with van der Waals surface area (Å²) in [6.45, 7) is 3.14. The van der Waals surface area contributed by atoms with E-state index in [1.165, 1.54) is 6.42 Å². The standard InChI is InChI=1S/C13H22O4/c1-2-16-8-9-17-13(15)12(10-14)11-6-4-3-5-7-11/h10-12H,2-9H2,1H3. The van der Waals surface area contributed by atoms with Gasteiger partial charge in [-0.15, -0.1) is 0 Å². The number of hydrogen-bond donors (Lipinski definition) is 0. The highest BCUT2D eigenvalue weighted by molar-refractivity contribution is 5.88. The number of hydrogen-bond acceptors (Lipinski definition) is 4. The summed E-state index contributed by atoms with van der Waals surface area (Å²) in [6.07, 6.45) is 6.11. The van der Waals surface area contributed by atoms with E-state index in [1.807, 2.05) is 6.92 Å². The lowest BCUT2D eigenvalue weighted by Gasteiger charge is -2.25. The smallest absolute Gasteiger partial charge is 0.316 e. The third-order valence-corrected chi connectivity index (χ3v) is 3.25.